The molecule has 1 saturated carbocycles. The van der Waals surface area contributed by atoms with Crippen LogP contribution in [0.25, 0.3) is 10.9 Å². The van der Waals surface area contributed by atoms with Gasteiger partial charge >= 0.3 is 0 Å². The summed E-state index contributed by atoms with van der Waals surface area (Å²) < 4.78 is 2.07. The van der Waals surface area contributed by atoms with E-state index in [1.165, 1.54) is 0 Å². The lowest BCUT2D eigenvalue weighted by atomic mass is 10.1. The number of hydrogen-bond donors (Lipinski definition) is 1. The van der Waals surface area contributed by atoms with E-state index in [1.54, 1.807) is 17.2 Å². The minimum atomic E-state index is -0.246. The molecule has 1 amide bonds. The highest BCUT2D eigenvalue weighted by molar-refractivity contribution is 6.00. The first-order valence-corrected chi connectivity index (χ1v) is 8.47. The van der Waals surface area contributed by atoms with E-state index in [1.807, 2.05) is 19.2 Å². The highest BCUT2D eigenvalue weighted by Gasteiger charge is 2.29. The van der Waals surface area contributed by atoms with Gasteiger partial charge in [-0.2, -0.15) is 0 Å². The summed E-state index contributed by atoms with van der Waals surface area (Å²) in [5, 5.41) is 0.476. The minimum Gasteiger partial charge on any atom is -0.398 e. The normalized spacial score (nSPS) is 19.0. The lowest BCUT2D eigenvalue weighted by molar-refractivity contribution is 0.0662. The van der Waals surface area contributed by atoms with E-state index >= 15 is 0 Å². The van der Waals surface area contributed by atoms with Crippen LogP contribution in [0.5, 0.6) is 0 Å². The maximum Gasteiger partial charge on any atom is 0.259 e. The topological polar surface area (TPSA) is 71.6 Å². The number of hydrogen-bond acceptors (Lipinski definition) is 4. The number of pyridine rings is 1. The Labute approximate surface area is 140 Å². The zero-order chi connectivity index (χ0) is 16.8. The predicted molar refractivity (Wildman–Crippen MR) is 94.3 cm³/mol. The predicted octanol–water partition coefficient (Wildman–Crippen LogP) is 1.31. The molecule has 24 heavy (non-hydrogen) atoms. The van der Waals surface area contributed by atoms with Crippen LogP contribution in [-0.4, -0.2) is 53.5 Å². The molecule has 6 heteroatoms. The first-order valence-electron chi connectivity index (χ1n) is 8.47. The molecular weight excluding hydrogens is 304 g/mol. The third kappa shape index (κ3) is 2.47. The molecule has 1 aromatic carbocycles. The fraction of sp³-hybridized carbons (Fsp3) is 0.444. The van der Waals surface area contributed by atoms with Gasteiger partial charge in [0.25, 0.3) is 5.91 Å². The first kappa shape index (κ1) is 15.2. The van der Waals surface area contributed by atoms with Crippen LogP contribution in [0.1, 0.15) is 29.2 Å². The summed E-state index contributed by atoms with van der Waals surface area (Å²) in [7, 11) is 2.04. The number of carbonyl (C=O) groups excluding carboxylic acids is 1. The van der Waals surface area contributed by atoms with Gasteiger partial charge in [-0.3, -0.25) is 9.59 Å². The van der Waals surface area contributed by atoms with Crippen LogP contribution >= 0.6 is 0 Å². The van der Waals surface area contributed by atoms with Gasteiger partial charge in [-0.15, -0.1) is 0 Å². The van der Waals surface area contributed by atoms with Gasteiger partial charge < -0.3 is 20.1 Å². The van der Waals surface area contributed by atoms with Crippen LogP contribution in [0, 0.1) is 0 Å². The zero-order valence-electron chi connectivity index (χ0n) is 13.9. The summed E-state index contributed by atoms with van der Waals surface area (Å²) in [6.45, 7) is 2.97. The molecule has 1 aliphatic heterocycles. The SMILES string of the molecule is CN1CCN(C(=O)c2cn(C3CC3)c3cccc(N)c3c2=O)CC1. The number of anilines is 1. The molecule has 0 spiro atoms. The second-order valence-electron chi connectivity index (χ2n) is 6.85. The van der Waals surface area contributed by atoms with E-state index in [9.17, 15) is 9.59 Å². The molecule has 2 fully saturated rings. The molecule has 6 nitrogen and oxygen atoms in total. The number of nitrogen functional groups attached to an aromatic ring is 1. The highest BCUT2D eigenvalue weighted by atomic mass is 16.2. The third-order valence-corrected chi connectivity index (χ3v) is 5.05. The van der Waals surface area contributed by atoms with Gasteiger partial charge in [-0.1, -0.05) is 6.07 Å². The van der Waals surface area contributed by atoms with E-state index in [4.69, 9.17) is 5.73 Å². The number of benzene rings is 1. The van der Waals surface area contributed by atoms with E-state index in [-0.39, 0.29) is 16.9 Å². The minimum absolute atomic E-state index is 0.173. The van der Waals surface area contributed by atoms with E-state index in [0.717, 1.165) is 31.4 Å². The second-order valence-corrected chi connectivity index (χ2v) is 6.85. The summed E-state index contributed by atoms with van der Waals surface area (Å²) >= 11 is 0. The van der Waals surface area contributed by atoms with E-state index in [0.29, 0.717) is 30.2 Å². The van der Waals surface area contributed by atoms with Crippen molar-refractivity contribution in [3.63, 3.8) is 0 Å². The summed E-state index contributed by atoms with van der Waals surface area (Å²) in [4.78, 5) is 29.8. The van der Waals surface area contributed by atoms with Gasteiger partial charge in [0.15, 0.2) is 0 Å². The van der Waals surface area contributed by atoms with Gasteiger partial charge in [0, 0.05) is 44.1 Å². The molecule has 2 aliphatic rings. The molecule has 1 aromatic heterocycles. The Kier molecular flexibility index (Phi) is 3.57. The Morgan fingerprint density at radius 3 is 2.54 bits per heavy atom. The maximum absolute atomic E-state index is 12.9. The number of rotatable bonds is 2. The van der Waals surface area contributed by atoms with Crippen LogP contribution < -0.4 is 11.2 Å². The quantitative estimate of drug-likeness (QED) is 0.845. The van der Waals surface area contributed by atoms with E-state index in [2.05, 4.69) is 9.47 Å². The molecule has 0 radical (unpaired) electrons. The van der Waals surface area contributed by atoms with Gasteiger partial charge in [-0.25, -0.2) is 0 Å². The molecule has 2 N–H and O–H groups in total. The fourth-order valence-corrected chi connectivity index (χ4v) is 3.41. The van der Waals surface area contributed by atoms with E-state index < -0.39 is 0 Å². The van der Waals surface area contributed by atoms with Crippen LogP contribution in [0.2, 0.25) is 0 Å². The first-order chi connectivity index (χ1) is 11.6. The Bertz CT molecular complexity index is 861. The van der Waals surface area contributed by atoms with Crippen molar-refractivity contribution in [2.45, 2.75) is 18.9 Å². The summed E-state index contributed by atoms with van der Waals surface area (Å²) in [6.07, 6.45) is 3.91. The number of nitrogens with two attached hydrogens (primary N) is 1. The monoisotopic (exact) mass is 326 g/mol. The van der Waals surface area contributed by atoms with Crippen molar-refractivity contribution in [1.29, 1.82) is 0 Å². The lowest BCUT2D eigenvalue weighted by Crippen LogP contribution is -2.48. The van der Waals surface area contributed by atoms with Crippen molar-refractivity contribution in [2.24, 2.45) is 0 Å². The molecule has 2 aromatic rings. The van der Waals surface area contributed by atoms with Crippen LogP contribution in [0.15, 0.2) is 29.2 Å². The molecule has 0 atom stereocenters. The molecule has 2 heterocycles. The lowest BCUT2D eigenvalue weighted by Gasteiger charge is -2.32. The standard InChI is InChI=1S/C18H22N4O2/c1-20-7-9-21(10-8-20)18(24)13-11-22(12-5-6-12)15-4-2-3-14(19)16(15)17(13)23/h2-4,11-12H,5-10,19H2,1H3. The molecule has 1 aliphatic carbocycles. The van der Waals surface area contributed by atoms with Gasteiger partial charge in [0.1, 0.15) is 5.56 Å². The molecular formula is C18H22N4O2. The zero-order valence-corrected chi connectivity index (χ0v) is 13.9. The van der Waals surface area contributed by atoms with Crippen LogP contribution in [0.4, 0.5) is 5.69 Å². The highest BCUT2D eigenvalue weighted by Crippen LogP contribution is 2.37. The van der Waals surface area contributed by atoms with Crippen molar-refractivity contribution in [1.82, 2.24) is 14.4 Å². The Balaban J connectivity index is 1.83. The number of fused-ring (bicyclic) bond motifs is 1. The third-order valence-electron chi connectivity index (χ3n) is 5.05. The van der Waals surface area contributed by atoms with Crippen molar-refractivity contribution < 1.29 is 4.79 Å². The maximum atomic E-state index is 12.9. The van der Waals surface area contributed by atoms with Gasteiger partial charge in [-0.05, 0) is 32.0 Å². The number of piperazine rings is 1. The fourth-order valence-electron chi connectivity index (χ4n) is 3.41. The van der Waals surface area contributed by atoms with Gasteiger partial charge in [0.2, 0.25) is 5.43 Å². The van der Waals surface area contributed by atoms with Crippen molar-refractivity contribution in [3.05, 3.63) is 40.2 Å². The van der Waals surface area contributed by atoms with Crippen LogP contribution in [0.3, 0.4) is 0 Å². The number of amides is 1. The molecule has 0 bridgehead atoms. The smallest absolute Gasteiger partial charge is 0.259 e. The number of likely N-dealkylation sites (N-methyl/N-ethyl adjacent to an activating group) is 1. The molecule has 1 saturated heterocycles. The Morgan fingerprint density at radius 2 is 1.88 bits per heavy atom. The number of aromatic nitrogens is 1. The molecule has 0 unspecified atom stereocenters. The molecule has 4 rings (SSSR count). The summed E-state index contributed by atoms with van der Waals surface area (Å²) in [5.74, 6) is -0.173. The van der Waals surface area contributed by atoms with Crippen molar-refractivity contribution in [3.8, 4) is 0 Å². The summed E-state index contributed by atoms with van der Waals surface area (Å²) in [6, 6.07) is 5.87. The summed E-state index contributed by atoms with van der Waals surface area (Å²) in [5.41, 5.74) is 7.34. The number of carbonyl (C=O) groups is 1. The average Bonchev–Trinajstić information content (AvgIpc) is 3.40. The van der Waals surface area contributed by atoms with Crippen molar-refractivity contribution in [2.75, 3.05) is 39.0 Å². The Morgan fingerprint density at radius 1 is 1.17 bits per heavy atom. The second kappa shape index (κ2) is 5.63. The number of nitrogens with zero attached hydrogens (tertiary/aromatic N) is 3. The van der Waals surface area contributed by atoms with Crippen LogP contribution in [-0.2, 0) is 0 Å². The molecule has 126 valence electrons. The van der Waals surface area contributed by atoms with Crippen molar-refractivity contribution >= 4 is 22.5 Å². The average molecular weight is 326 g/mol. The van der Waals surface area contributed by atoms with Gasteiger partial charge in [0.05, 0.1) is 10.9 Å². The Hall–Kier alpha value is -2.34. The largest absolute Gasteiger partial charge is 0.398 e.